The summed E-state index contributed by atoms with van der Waals surface area (Å²) in [6.07, 6.45) is -0.302. The van der Waals surface area contributed by atoms with Crippen molar-refractivity contribution in [3.05, 3.63) is 71.1 Å². The highest BCUT2D eigenvalue weighted by atomic mass is 16.5. The van der Waals surface area contributed by atoms with Gasteiger partial charge in [0.25, 0.3) is 0 Å². The molecule has 4 rings (SSSR count). The maximum atomic E-state index is 11.5. The number of hydrogen-bond donors (Lipinski definition) is 1. The fourth-order valence-electron chi connectivity index (χ4n) is 3.87. The van der Waals surface area contributed by atoms with Gasteiger partial charge >= 0.3 is 5.97 Å². The molecule has 32 heavy (non-hydrogen) atoms. The SMILES string of the molecule is Cc1ccc(-c2nc(C(C)Oc3cccc(CN4CCOC[C@H]4C(=O)O)c3)c(C)o2)cc1. The van der Waals surface area contributed by atoms with E-state index in [0.29, 0.717) is 31.3 Å². The van der Waals surface area contributed by atoms with E-state index in [-0.39, 0.29) is 12.7 Å². The second-order valence-electron chi connectivity index (χ2n) is 8.13. The van der Waals surface area contributed by atoms with Crippen molar-refractivity contribution in [2.75, 3.05) is 19.8 Å². The van der Waals surface area contributed by atoms with Gasteiger partial charge in [-0.1, -0.05) is 29.8 Å². The molecule has 0 radical (unpaired) electrons. The molecule has 1 N–H and O–H groups in total. The number of rotatable bonds is 7. The minimum absolute atomic E-state index is 0.206. The first-order valence-electron chi connectivity index (χ1n) is 10.8. The molecule has 1 aromatic heterocycles. The zero-order chi connectivity index (χ0) is 22.7. The lowest BCUT2D eigenvalue weighted by molar-refractivity contribution is -0.150. The van der Waals surface area contributed by atoms with E-state index in [0.717, 1.165) is 22.6 Å². The van der Waals surface area contributed by atoms with Crippen molar-refractivity contribution < 1.29 is 23.8 Å². The van der Waals surface area contributed by atoms with Crippen LogP contribution in [0.15, 0.2) is 52.9 Å². The summed E-state index contributed by atoms with van der Waals surface area (Å²) < 4.78 is 17.4. The van der Waals surface area contributed by atoms with Crippen LogP contribution in [0.2, 0.25) is 0 Å². The molecule has 0 spiro atoms. The molecule has 0 saturated carbocycles. The summed E-state index contributed by atoms with van der Waals surface area (Å²) in [5.74, 6) is 1.14. The largest absolute Gasteiger partial charge is 0.484 e. The quantitative estimate of drug-likeness (QED) is 0.588. The summed E-state index contributed by atoms with van der Waals surface area (Å²) in [4.78, 5) is 18.1. The number of morpholine rings is 1. The highest BCUT2D eigenvalue weighted by molar-refractivity contribution is 5.73. The van der Waals surface area contributed by atoms with Crippen LogP contribution in [0, 0.1) is 13.8 Å². The minimum atomic E-state index is -0.864. The Kier molecular flexibility index (Phi) is 6.58. The molecular weight excluding hydrogens is 408 g/mol. The van der Waals surface area contributed by atoms with E-state index in [1.165, 1.54) is 5.56 Å². The van der Waals surface area contributed by atoms with Gasteiger partial charge in [0.1, 0.15) is 29.3 Å². The van der Waals surface area contributed by atoms with Gasteiger partial charge in [-0.25, -0.2) is 4.98 Å². The number of aromatic nitrogens is 1. The maximum absolute atomic E-state index is 11.5. The number of hydrogen-bond acceptors (Lipinski definition) is 6. The van der Waals surface area contributed by atoms with E-state index >= 15 is 0 Å². The van der Waals surface area contributed by atoms with Gasteiger partial charge in [0.15, 0.2) is 0 Å². The molecule has 168 valence electrons. The van der Waals surface area contributed by atoms with Crippen LogP contribution in [-0.4, -0.2) is 46.8 Å². The molecule has 7 heteroatoms. The molecule has 0 amide bonds. The monoisotopic (exact) mass is 436 g/mol. The predicted octanol–water partition coefficient (Wildman–Crippen LogP) is 4.38. The molecule has 1 aliphatic rings. The lowest BCUT2D eigenvalue weighted by Gasteiger charge is -2.32. The topological polar surface area (TPSA) is 85.0 Å². The highest BCUT2D eigenvalue weighted by Gasteiger charge is 2.29. The first-order valence-corrected chi connectivity index (χ1v) is 10.8. The third-order valence-electron chi connectivity index (χ3n) is 5.64. The summed E-state index contributed by atoms with van der Waals surface area (Å²) in [5, 5.41) is 9.45. The van der Waals surface area contributed by atoms with Gasteiger partial charge in [-0.2, -0.15) is 0 Å². The van der Waals surface area contributed by atoms with E-state index < -0.39 is 12.0 Å². The van der Waals surface area contributed by atoms with E-state index in [1.54, 1.807) is 0 Å². The fourth-order valence-corrected chi connectivity index (χ4v) is 3.87. The van der Waals surface area contributed by atoms with Crippen LogP contribution < -0.4 is 4.74 Å². The Bertz CT molecular complexity index is 1080. The van der Waals surface area contributed by atoms with Crippen LogP contribution in [-0.2, 0) is 16.1 Å². The molecule has 1 saturated heterocycles. The summed E-state index contributed by atoms with van der Waals surface area (Å²) >= 11 is 0. The maximum Gasteiger partial charge on any atom is 0.323 e. The van der Waals surface area contributed by atoms with Gasteiger partial charge in [0, 0.05) is 18.7 Å². The van der Waals surface area contributed by atoms with Crippen molar-refractivity contribution in [1.82, 2.24) is 9.88 Å². The number of oxazole rings is 1. The second kappa shape index (κ2) is 9.54. The third-order valence-corrected chi connectivity index (χ3v) is 5.64. The lowest BCUT2D eigenvalue weighted by Crippen LogP contribution is -2.49. The molecule has 0 aliphatic carbocycles. The van der Waals surface area contributed by atoms with Crippen LogP contribution in [0.3, 0.4) is 0 Å². The third kappa shape index (κ3) is 5.00. The average Bonchev–Trinajstić information content (AvgIpc) is 3.16. The van der Waals surface area contributed by atoms with Crippen LogP contribution in [0.1, 0.15) is 35.6 Å². The second-order valence-corrected chi connectivity index (χ2v) is 8.13. The zero-order valence-electron chi connectivity index (χ0n) is 18.6. The van der Waals surface area contributed by atoms with Gasteiger partial charge in [-0.3, -0.25) is 9.69 Å². The van der Waals surface area contributed by atoms with Gasteiger partial charge in [-0.05, 0) is 50.6 Å². The Morgan fingerprint density at radius 2 is 2.03 bits per heavy atom. The van der Waals surface area contributed by atoms with Crippen LogP contribution in [0.25, 0.3) is 11.5 Å². The number of benzene rings is 2. The summed E-state index contributed by atoms with van der Waals surface area (Å²) in [6.45, 7) is 7.72. The first-order chi connectivity index (χ1) is 15.4. The Morgan fingerprint density at radius 3 is 2.78 bits per heavy atom. The number of carbonyl (C=O) groups is 1. The summed E-state index contributed by atoms with van der Waals surface area (Å²) in [6, 6.07) is 15.2. The number of ether oxygens (including phenoxy) is 2. The fraction of sp³-hybridized carbons (Fsp3) is 0.360. The van der Waals surface area contributed by atoms with E-state index in [9.17, 15) is 9.90 Å². The summed E-state index contributed by atoms with van der Waals surface area (Å²) in [7, 11) is 0. The van der Waals surface area contributed by atoms with Crippen LogP contribution >= 0.6 is 0 Å². The molecule has 2 heterocycles. The Labute approximate surface area is 187 Å². The molecule has 1 aliphatic heterocycles. The average molecular weight is 437 g/mol. The standard InChI is InChI=1S/C25H28N2O5/c1-16-7-9-20(10-8-16)24-26-23(18(3)32-24)17(2)31-21-6-4-5-19(13-21)14-27-11-12-30-15-22(27)25(28)29/h4-10,13,17,22H,11-12,14-15H2,1-3H3,(H,28,29)/t17?,22-/m0/s1. The Balaban J connectivity index is 1.46. The van der Waals surface area contributed by atoms with Crippen molar-refractivity contribution >= 4 is 5.97 Å². The molecule has 1 unspecified atom stereocenters. The van der Waals surface area contributed by atoms with E-state index in [1.807, 2.05) is 74.2 Å². The van der Waals surface area contributed by atoms with E-state index in [4.69, 9.17) is 13.9 Å². The van der Waals surface area contributed by atoms with Gasteiger partial charge in [-0.15, -0.1) is 0 Å². The zero-order valence-corrected chi connectivity index (χ0v) is 18.6. The normalized spacial score (nSPS) is 17.8. The molecule has 3 aromatic rings. The number of aliphatic carboxylic acids is 1. The van der Waals surface area contributed by atoms with Crippen LogP contribution in [0.4, 0.5) is 0 Å². The predicted molar refractivity (Wildman–Crippen MR) is 120 cm³/mol. The summed E-state index contributed by atoms with van der Waals surface area (Å²) in [5.41, 5.74) is 3.85. The van der Waals surface area contributed by atoms with Crippen molar-refractivity contribution in [3.63, 3.8) is 0 Å². The lowest BCUT2D eigenvalue weighted by atomic mass is 10.1. The molecular formula is C25H28N2O5. The van der Waals surface area contributed by atoms with Gasteiger partial charge < -0.3 is 19.0 Å². The van der Waals surface area contributed by atoms with Crippen LogP contribution in [0.5, 0.6) is 5.75 Å². The Morgan fingerprint density at radius 1 is 1.25 bits per heavy atom. The number of nitrogens with zero attached hydrogens (tertiary/aromatic N) is 2. The molecule has 1 fully saturated rings. The minimum Gasteiger partial charge on any atom is -0.484 e. The first kappa shape index (κ1) is 22.0. The van der Waals surface area contributed by atoms with Gasteiger partial charge in [0.2, 0.25) is 5.89 Å². The van der Waals surface area contributed by atoms with Crippen molar-refractivity contribution in [2.45, 2.75) is 39.5 Å². The molecule has 7 nitrogen and oxygen atoms in total. The number of carboxylic acid groups (broad SMARTS) is 1. The van der Waals surface area contributed by atoms with Crippen molar-refractivity contribution in [1.29, 1.82) is 0 Å². The highest BCUT2D eigenvalue weighted by Crippen LogP contribution is 2.29. The smallest absolute Gasteiger partial charge is 0.323 e. The molecule has 2 aromatic carbocycles. The molecule has 0 bridgehead atoms. The molecule has 2 atom stereocenters. The van der Waals surface area contributed by atoms with Crippen molar-refractivity contribution in [3.8, 4) is 17.2 Å². The number of carboxylic acids is 1. The Hall–Kier alpha value is -3.16. The van der Waals surface area contributed by atoms with E-state index in [2.05, 4.69) is 4.98 Å². The van der Waals surface area contributed by atoms with Gasteiger partial charge in [0.05, 0.1) is 13.2 Å². The number of aryl methyl sites for hydroxylation is 2. The van der Waals surface area contributed by atoms with Crippen molar-refractivity contribution in [2.24, 2.45) is 0 Å².